The van der Waals surface area contributed by atoms with E-state index in [2.05, 4.69) is 0 Å². The van der Waals surface area contributed by atoms with Gasteiger partial charge in [-0.25, -0.2) is 0 Å². The van der Waals surface area contributed by atoms with Crippen molar-refractivity contribution in [3.63, 3.8) is 0 Å². The molecule has 0 aromatic heterocycles. The first-order valence-corrected chi connectivity index (χ1v) is 5.35. The molecular formula is C11H17BO5. The zero-order valence-corrected chi connectivity index (χ0v) is 10.0. The Morgan fingerprint density at radius 3 is 2.00 bits per heavy atom. The predicted octanol–water partition coefficient (Wildman–Crippen LogP) is -0.692. The van der Waals surface area contributed by atoms with Crippen molar-refractivity contribution in [2.24, 2.45) is 0 Å². The summed E-state index contributed by atoms with van der Waals surface area (Å²) in [5.41, 5.74) is 1.12. The third-order valence-corrected chi connectivity index (χ3v) is 2.51. The number of methoxy groups -OCH3 is 2. The van der Waals surface area contributed by atoms with E-state index >= 15 is 0 Å². The van der Waals surface area contributed by atoms with Crippen molar-refractivity contribution in [3.8, 4) is 11.5 Å². The van der Waals surface area contributed by atoms with E-state index in [0.29, 0.717) is 29.8 Å². The Kier molecular flexibility index (Phi) is 5.28. The summed E-state index contributed by atoms with van der Waals surface area (Å²) in [7, 11) is 1.44. The normalized spacial score (nSPS) is 10.2. The maximum absolute atomic E-state index is 9.14. The van der Waals surface area contributed by atoms with E-state index in [9.17, 15) is 0 Å². The minimum absolute atomic E-state index is 0.0800. The molecule has 0 saturated carbocycles. The number of benzene rings is 1. The molecular weight excluding hydrogens is 223 g/mol. The third kappa shape index (κ3) is 3.36. The van der Waals surface area contributed by atoms with E-state index in [1.54, 1.807) is 12.1 Å². The minimum atomic E-state index is -1.57. The summed E-state index contributed by atoms with van der Waals surface area (Å²) in [6.45, 7) is 0.0800. The molecule has 0 radical (unpaired) electrons. The zero-order valence-electron chi connectivity index (χ0n) is 10.0. The van der Waals surface area contributed by atoms with Gasteiger partial charge in [0.2, 0.25) is 0 Å². The maximum Gasteiger partial charge on any atom is 0.488 e. The fraction of sp³-hybridized carbons (Fsp3) is 0.455. The van der Waals surface area contributed by atoms with Crippen LogP contribution in [0.2, 0.25) is 0 Å². The Hall–Kier alpha value is -1.24. The highest BCUT2D eigenvalue weighted by Crippen LogP contribution is 2.28. The summed E-state index contributed by atoms with van der Waals surface area (Å²) in [6, 6.07) is 3.11. The van der Waals surface area contributed by atoms with E-state index in [-0.39, 0.29) is 6.61 Å². The molecule has 0 spiro atoms. The molecule has 17 heavy (non-hydrogen) atoms. The van der Waals surface area contributed by atoms with Gasteiger partial charge in [-0.1, -0.05) is 0 Å². The van der Waals surface area contributed by atoms with Gasteiger partial charge in [0.1, 0.15) is 11.5 Å². The first kappa shape index (κ1) is 13.8. The molecule has 1 aromatic carbocycles. The molecule has 0 unspecified atom stereocenters. The average molecular weight is 240 g/mol. The standard InChI is InChI=1S/C11H17BO5/c1-16-10-6-8(12(14)15)7-11(17-2)9(10)4-3-5-13/h6-7,13-15H,3-5H2,1-2H3. The van der Waals surface area contributed by atoms with Crippen LogP contribution >= 0.6 is 0 Å². The van der Waals surface area contributed by atoms with Crippen molar-refractivity contribution >= 4 is 12.6 Å². The predicted molar refractivity (Wildman–Crippen MR) is 64.8 cm³/mol. The van der Waals surface area contributed by atoms with Crippen LogP contribution in [0.15, 0.2) is 12.1 Å². The number of hydrogen-bond donors (Lipinski definition) is 3. The third-order valence-electron chi connectivity index (χ3n) is 2.51. The molecule has 0 saturated heterocycles. The molecule has 0 atom stereocenters. The van der Waals surface area contributed by atoms with Crippen molar-refractivity contribution in [1.29, 1.82) is 0 Å². The Balaban J connectivity index is 3.16. The quantitative estimate of drug-likeness (QED) is 0.573. The molecule has 1 rings (SSSR count). The number of hydrogen-bond acceptors (Lipinski definition) is 5. The minimum Gasteiger partial charge on any atom is -0.496 e. The molecule has 94 valence electrons. The van der Waals surface area contributed by atoms with Gasteiger partial charge in [-0.15, -0.1) is 0 Å². The lowest BCUT2D eigenvalue weighted by atomic mass is 9.79. The molecule has 1 aromatic rings. The fourth-order valence-electron chi connectivity index (χ4n) is 1.66. The van der Waals surface area contributed by atoms with Crippen LogP contribution in [0.1, 0.15) is 12.0 Å². The van der Waals surface area contributed by atoms with Gasteiger partial charge in [0.05, 0.1) is 14.2 Å². The molecule has 0 fully saturated rings. The van der Waals surface area contributed by atoms with Gasteiger partial charge in [-0.3, -0.25) is 0 Å². The van der Waals surface area contributed by atoms with Crippen LogP contribution in [0, 0.1) is 0 Å². The molecule has 0 heterocycles. The van der Waals surface area contributed by atoms with E-state index in [1.165, 1.54) is 14.2 Å². The number of aliphatic hydroxyl groups is 1. The summed E-state index contributed by atoms with van der Waals surface area (Å²) >= 11 is 0. The summed E-state index contributed by atoms with van der Waals surface area (Å²) in [5.74, 6) is 1.06. The summed E-state index contributed by atoms with van der Waals surface area (Å²) in [4.78, 5) is 0. The number of ether oxygens (including phenoxy) is 2. The van der Waals surface area contributed by atoms with Gasteiger partial charge in [0, 0.05) is 12.2 Å². The smallest absolute Gasteiger partial charge is 0.488 e. The van der Waals surface area contributed by atoms with Crippen LogP contribution in [0.4, 0.5) is 0 Å². The Bertz CT molecular complexity index is 342. The highest BCUT2D eigenvalue weighted by molar-refractivity contribution is 6.58. The van der Waals surface area contributed by atoms with Crippen molar-refractivity contribution in [2.75, 3.05) is 20.8 Å². The summed E-state index contributed by atoms with van der Waals surface area (Å²) in [6.07, 6.45) is 1.19. The van der Waals surface area contributed by atoms with Gasteiger partial charge in [0.15, 0.2) is 0 Å². The summed E-state index contributed by atoms with van der Waals surface area (Å²) in [5, 5.41) is 27.1. The lowest BCUT2D eigenvalue weighted by molar-refractivity contribution is 0.286. The number of rotatable bonds is 6. The van der Waals surface area contributed by atoms with Gasteiger partial charge in [-0.05, 0) is 30.4 Å². The van der Waals surface area contributed by atoms with Gasteiger partial charge < -0.3 is 24.6 Å². The van der Waals surface area contributed by atoms with Gasteiger partial charge in [0.25, 0.3) is 0 Å². The molecule has 3 N–H and O–H groups in total. The first-order valence-electron chi connectivity index (χ1n) is 5.35. The molecule has 0 aliphatic carbocycles. The maximum atomic E-state index is 9.14. The highest BCUT2D eigenvalue weighted by atomic mass is 16.5. The SMILES string of the molecule is COc1cc(B(O)O)cc(OC)c1CCCO. The molecule has 0 aliphatic heterocycles. The fourth-order valence-corrected chi connectivity index (χ4v) is 1.66. The van der Waals surface area contributed by atoms with Crippen LogP contribution in [0.3, 0.4) is 0 Å². The second-order valence-corrected chi connectivity index (χ2v) is 3.60. The monoisotopic (exact) mass is 240 g/mol. The Morgan fingerprint density at radius 2 is 1.65 bits per heavy atom. The van der Waals surface area contributed by atoms with E-state index in [0.717, 1.165) is 5.56 Å². The van der Waals surface area contributed by atoms with Gasteiger partial charge >= 0.3 is 7.12 Å². The lowest BCUT2D eigenvalue weighted by Crippen LogP contribution is -2.30. The van der Waals surface area contributed by atoms with Crippen molar-refractivity contribution in [2.45, 2.75) is 12.8 Å². The van der Waals surface area contributed by atoms with Crippen molar-refractivity contribution < 1.29 is 24.6 Å². The van der Waals surface area contributed by atoms with E-state index in [1.807, 2.05) is 0 Å². The van der Waals surface area contributed by atoms with Crippen LogP contribution in [0.5, 0.6) is 11.5 Å². The molecule has 5 nitrogen and oxygen atoms in total. The van der Waals surface area contributed by atoms with Gasteiger partial charge in [-0.2, -0.15) is 0 Å². The first-order chi connectivity index (χ1) is 8.13. The van der Waals surface area contributed by atoms with Crippen LogP contribution < -0.4 is 14.9 Å². The zero-order chi connectivity index (χ0) is 12.8. The molecule has 6 heteroatoms. The van der Waals surface area contributed by atoms with Crippen LogP contribution in [-0.4, -0.2) is 43.1 Å². The van der Waals surface area contributed by atoms with Crippen LogP contribution in [0.25, 0.3) is 0 Å². The molecule has 0 bridgehead atoms. The lowest BCUT2D eigenvalue weighted by Gasteiger charge is -2.15. The largest absolute Gasteiger partial charge is 0.496 e. The molecule has 0 amide bonds. The van der Waals surface area contributed by atoms with E-state index in [4.69, 9.17) is 24.6 Å². The van der Waals surface area contributed by atoms with E-state index < -0.39 is 7.12 Å². The second kappa shape index (κ2) is 6.49. The Morgan fingerprint density at radius 1 is 1.12 bits per heavy atom. The summed E-state index contributed by atoms with van der Waals surface area (Å²) < 4.78 is 10.4. The van der Waals surface area contributed by atoms with Crippen LogP contribution in [-0.2, 0) is 6.42 Å². The Labute approximate surface area is 101 Å². The van der Waals surface area contributed by atoms with Crippen molar-refractivity contribution in [1.82, 2.24) is 0 Å². The average Bonchev–Trinajstić information content (AvgIpc) is 2.34. The topological polar surface area (TPSA) is 79.2 Å². The highest BCUT2D eigenvalue weighted by Gasteiger charge is 2.18. The second-order valence-electron chi connectivity index (χ2n) is 3.60. The molecule has 0 aliphatic rings. The van der Waals surface area contributed by atoms with Crippen molar-refractivity contribution in [3.05, 3.63) is 17.7 Å². The number of aliphatic hydroxyl groups excluding tert-OH is 1.